The van der Waals surface area contributed by atoms with Crippen molar-refractivity contribution in [2.75, 3.05) is 14.2 Å². The van der Waals surface area contributed by atoms with Gasteiger partial charge in [0, 0.05) is 13.0 Å². The normalized spacial score (nSPS) is 15.9. The predicted octanol–water partition coefficient (Wildman–Crippen LogP) is 2.35. The van der Waals surface area contributed by atoms with E-state index in [1.54, 1.807) is 25.2 Å². The number of carbonyl (C=O) groups excluding carboxylic acids is 1. The third-order valence-corrected chi connectivity index (χ3v) is 5.28. The Labute approximate surface area is 159 Å². The van der Waals surface area contributed by atoms with Crippen LogP contribution in [0.25, 0.3) is 0 Å². The van der Waals surface area contributed by atoms with Crippen molar-refractivity contribution in [3.05, 3.63) is 30.1 Å². The van der Waals surface area contributed by atoms with Crippen molar-refractivity contribution in [3.8, 4) is 11.5 Å². The van der Waals surface area contributed by atoms with Gasteiger partial charge in [-0.05, 0) is 46.4 Å². The van der Waals surface area contributed by atoms with Crippen molar-refractivity contribution in [1.82, 2.24) is 25.5 Å². The van der Waals surface area contributed by atoms with Crippen molar-refractivity contribution in [2.24, 2.45) is 5.41 Å². The van der Waals surface area contributed by atoms with Crippen molar-refractivity contribution in [2.45, 2.75) is 51.6 Å². The molecule has 1 aliphatic rings. The number of carbonyl (C=O) groups is 1. The number of hydrogen-bond acceptors (Lipinski definition) is 6. The van der Waals surface area contributed by atoms with E-state index < -0.39 is 0 Å². The lowest BCUT2D eigenvalue weighted by atomic mass is 9.71. The molecule has 1 heterocycles. The van der Waals surface area contributed by atoms with Gasteiger partial charge in [-0.1, -0.05) is 25.3 Å². The first-order chi connectivity index (χ1) is 13.1. The highest BCUT2D eigenvalue weighted by Crippen LogP contribution is 2.40. The quantitative estimate of drug-likeness (QED) is 0.764. The molecule has 0 spiro atoms. The number of nitrogens with zero attached hydrogens (tertiary/aromatic N) is 4. The fourth-order valence-electron chi connectivity index (χ4n) is 3.88. The molecule has 0 unspecified atom stereocenters. The molecule has 1 N–H and O–H groups in total. The van der Waals surface area contributed by atoms with E-state index in [0.717, 1.165) is 31.2 Å². The van der Waals surface area contributed by atoms with Gasteiger partial charge in [0.25, 0.3) is 0 Å². The Bertz CT molecular complexity index is 742. The standard InChI is InChI=1S/C19H27N5O3/c1-26-16-7-6-15(10-17(16)27-2)12-20-18(25)11-19(8-4-3-5-9-19)13-24-14-21-22-23-24/h6-7,10,14H,3-5,8-9,11-13H2,1-2H3,(H,20,25). The summed E-state index contributed by atoms with van der Waals surface area (Å²) in [6.07, 6.45) is 7.67. The fraction of sp³-hybridized carbons (Fsp3) is 0.579. The first-order valence-electron chi connectivity index (χ1n) is 9.32. The number of benzene rings is 1. The molecule has 1 fully saturated rings. The van der Waals surface area contributed by atoms with Crippen molar-refractivity contribution in [3.63, 3.8) is 0 Å². The van der Waals surface area contributed by atoms with E-state index in [9.17, 15) is 4.79 Å². The molecule has 1 amide bonds. The number of ether oxygens (including phenoxy) is 2. The van der Waals surface area contributed by atoms with E-state index in [1.165, 1.54) is 6.42 Å². The maximum absolute atomic E-state index is 12.7. The van der Waals surface area contributed by atoms with Crippen molar-refractivity contribution in [1.29, 1.82) is 0 Å². The molecule has 3 rings (SSSR count). The summed E-state index contributed by atoms with van der Waals surface area (Å²) in [5.41, 5.74) is 0.897. The number of amides is 1. The Hall–Kier alpha value is -2.64. The summed E-state index contributed by atoms with van der Waals surface area (Å²) >= 11 is 0. The van der Waals surface area contributed by atoms with Crippen LogP contribution >= 0.6 is 0 Å². The zero-order valence-corrected chi connectivity index (χ0v) is 16.0. The summed E-state index contributed by atoms with van der Waals surface area (Å²) in [6, 6.07) is 5.66. The average molecular weight is 373 g/mol. The second kappa shape index (κ2) is 8.83. The minimum Gasteiger partial charge on any atom is -0.493 e. The zero-order chi connectivity index (χ0) is 19.1. The molecule has 0 saturated heterocycles. The van der Waals surface area contributed by atoms with Crippen LogP contribution in [0.2, 0.25) is 0 Å². The Kier molecular flexibility index (Phi) is 6.26. The van der Waals surface area contributed by atoms with E-state index >= 15 is 0 Å². The van der Waals surface area contributed by atoms with Crippen LogP contribution in [0.3, 0.4) is 0 Å². The largest absolute Gasteiger partial charge is 0.493 e. The summed E-state index contributed by atoms with van der Waals surface area (Å²) in [5, 5.41) is 14.5. The SMILES string of the molecule is COc1ccc(CNC(=O)CC2(Cn3cnnn3)CCCCC2)cc1OC. The minimum atomic E-state index is -0.0741. The second-order valence-corrected chi connectivity index (χ2v) is 7.21. The summed E-state index contributed by atoms with van der Waals surface area (Å²) in [4.78, 5) is 12.7. The van der Waals surface area contributed by atoms with Gasteiger partial charge in [0.1, 0.15) is 6.33 Å². The van der Waals surface area contributed by atoms with Crippen molar-refractivity contribution >= 4 is 5.91 Å². The molecule has 1 aromatic heterocycles. The molecule has 1 saturated carbocycles. The van der Waals surface area contributed by atoms with Crippen LogP contribution in [0.5, 0.6) is 11.5 Å². The van der Waals surface area contributed by atoms with Gasteiger partial charge in [-0.15, -0.1) is 5.10 Å². The van der Waals surface area contributed by atoms with Crippen LogP contribution in [-0.4, -0.2) is 40.3 Å². The van der Waals surface area contributed by atoms with Crippen LogP contribution in [-0.2, 0) is 17.9 Å². The molecule has 8 heteroatoms. The minimum absolute atomic E-state index is 0.0553. The third-order valence-electron chi connectivity index (χ3n) is 5.28. The van der Waals surface area contributed by atoms with Gasteiger partial charge in [0.15, 0.2) is 11.5 Å². The van der Waals surface area contributed by atoms with Crippen LogP contribution < -0.4 is 14.8 Å². The lowest BCUT2D eigenvalue weighted by molar-refractivity contribution is -0.124. The van der Waals surface area contributed by atoms with Gasteiger partial charge in [0.2, 0.25) is 5.91 Å². The summed E-state index contributed by atoms with van der Waals surface area (Å²) in [7, 11) is 3.21. The number of hydrogen-bond donors (Lipinski definition) is 1. The molecule has 0 atom stereocenters. The van der Waals surface area contributed by atoms with Crippen LogP contribution in [0.15, 0.2) is 24.5 Å². The maximum atomic E-state index is 12.7. The number of nitrogens with one attached hydrogen (secondary N) is 1. The van der Waals surface area contributed by atoms with Crippen LogP contribution in [0, 0.1) is 5.41 Å². The Balaban J connectivity index is 1.61. The van der Waals surface area contributed by atoms with E-state index in [-0.39, 0.29) is 11.3 Å². The monoisotopic (exact) mass is 373 g/mol. The summed E-state index contributed by atoms with van der Waals surface area (Å²) in [5.74, 6) is 1.39. The second-order valence-electron chi connectivity index (χ2n) is 7.21. The number of methoxy groups -OCH3 is 2. The highest BCUT2D eigenvalue weighted by Gasteiger charge is 2.35. The number of tetrazole rings is 1. The molecule has 0 radical (unpaired) electrons. The molecule has 0 bridgehead atoms. The summed E-state index contributed by atoms with van der Waals surface area (Å²) < 4.78 is 12.3. The van der Waals surface area contributed by atoms with E-state index in [4.69, 9.17) is 9.47 Å². The molecule has 2 aromatic rings. The topological polar surface area (TPSA) is 91.2 Å². The Morgan fingerprint density at radius 1 is 1.19 bits per heavy atom. The Morgan fingerprint density at radius 2 is 1.96 bits per heavy atom. The molecule has 146 valence electrons. The van der Waals surface area contributed by atoms with E-state index in [1.807, 2.05) is 18.2 Å². The van der Waals surface area contributed by atoms with Gasteiger partial charge >= 0.3 is 0 Å². The predicted molar refractivity (Wildman–Crippen MR) is 99.3 cm³/mol. The maximum Gasteiger partial charge on any atom is 0.220 e. The van der Waals surface area contributed by atoms with Crippen molar-refractivity contribution < 1.29 is 14.3 Å². The smallest absolute Gasteiger partial charge is 0.220 e. The number of rotatable bonds is 8. The third kappa shape index (κ3) is 4.96. The fourth-order valence-corrected chi connectivity index (χ4v) is 3.88. The van der Waals surface area contributed by atoms with E-state index in [0.29, 0.717) is 31.0 Å². The lowest BCUT2D eigenvalue weighted by Crippen LogP contribution is -2.36. The summed E-state index contributed by atoms with van der Waals surface area (Å²) in [6.45, 7) is 1.14. The van der Waals surface area contributed by atoms with Crippen LogP contribution in [0.1, 0.15) is 44.1 Å². The zero-order valence-electron chi connectivity index (χ0n) is 16.0. The molecule has 1 aliphatic carbocycles. The Morgan fingerprint density at radius 3 is 2.63 bits per heavy atom. The van der Waals surface area contributed by atoms with Gasteiger partial charge in [-0.25, -0.2) is 4.68 Å². The van der Waals surface area contributed by atoms with Gasteiger partial charge in [0.05, 0.1) is 20.8 Å². The van der Waals surface area contributed by atoms with Gasteiger partial charge < -0.3 is 14.8 Å². The molecular formula is C19H27N5O3. The molecule has 8 nitrogen and oxygen atoms in total. The van der Waals surface area contributed by atoms with Gasteiger partial charge in [-0.3, -0.25) is 4.79 Å². The van der Waals surface area contributed by atoms with E-state index in [2.05, 4.69) is 20.8 Å². The highest BCUT2D eigenvalue weighted by molar-refractivity contribution is 5.76. The first kappa shape index (κ1) is 19.1. The first-order valence-corrected chi connectivity index (χ1v) is 9.32. The lowest BCUT2D eigenvalue weighted by Gasteiger charge is -2.36. The molecule has 1 aromatic carbocycles. The molecule has 0 aliphatic heterocycles. The number of aromatic nitrogens is 4. The molecular weight excluding hydrogens is 346 g/mol. The average Bonchev–Trinajstić information content (AvgIpc) is 3.19. The highest BCUT2D eigenvalue weighted by atomic mass is 16.5. The van der Waals surface area contributed by atoms with Gasteiger partial charge in [-0.2, -0.15) is 0 Å². The van der Waals surface area contributed by atoms with Crippen LogP contribution in [0.4, 0.5) is 0 Å². The molecule has 27 heavy (non-hydrogen) atoms.